The zero-order chi connectivity index (χ0) is 20.3. The molecule has 8 heteroatoms. The van der Waals surface area contributed by atoms with Crippen LogP contribution in [0.25, 0.3) is 0 Å². The first-order chi connectivity index (χ1) is 14.8. The molecule has 1 atom stereocenters. The fraction of sp³-hybridized carbons (Fsp3) is 0.500. The Morgan fingerprint density at radius 1 is 0.867 bits per heavy atom. The smallest absolute Gasteiger partial charge is 0.263 e. The Hall–Kier alpha value is -2.87. The Morgan fingerprint density at radius 3 is 2.23 bits per heavy atom. The molecule has 2 fully saturated rings. The number of carbonyl (C=O) groups excluding carboxylic acids is 1. The maximum Gasteiger partial charge on any atom is 0.263 e. The first-order valence-corrected chi connectivity index (χ1v) is 10.7. The van der Waals surface area contributed by atoms with Gasteiger partial charge in [-0.15, -0.1) is 10.2 Å². The summed E-state index contributed by atoms with van der Waals surface area (Å²) in [6, 6.07) is 12.0. The molecule has 30 heavy (non-hydrogen) atoms. The van der Waals surface area contributed by atoms with Crippen LogP contribution in [0.5, 0.6) is 5.75 Å². The fourth-order valence-corrected chi connectivity index (χ4v) is 4.31. The maximum absolute atomic E-state index is 13.0. The lowest BCUT2D eigenvalue weighted by Gasteiger charge is -2.37. The van der Waals surface area contributed by atoms with E-state index in [0.29, 0.717) is 13.1 Å². The van der Waals surface area contributed by atoms with Crippen molar-refractivity contribution in [3.05, 3.63) is 42.0 Å². The number of morpholine rings is 1. The Kier molecular flexibility index (Phi) is 5.40. The van der Waals surface area contributed by atoms with Gasteiger partial charge in [-0.2, -0.15) is 0 Å². The third kappa shape index (κ3) is 3.92. The van der Waals surface area contributed by atoms with Gasteiger partial charge in [0.2, 0.25) is 0 Å². The minimum atomic E-state index is -0.376. The first-order valence-electron chi connectivity index (χ1n) is 10.7. The van der Waals surface area contributed by atoms with Crippen LogP contribution in [0.1, 0.15) is 12.0 Å². The number of hydrogen-bond donors (Lipinski definition) is 0. The predicted molar refractivity (Wildman–Crippen MR) is 113 cm³/mol. The molecule has 158 valence electrons. The summed E-state index contributed by atoms with van der Waals surface area (Å²) in [5.41, 5.74) is 1.19. The highest BCUT2D eigenvalue weighted by Gasteiger charge is 2.31. The average Bonchev–Trinajstić information content (AvgIpc) is 2.84. The van der Waals surface area contributed by atoms with E-state index in [1.54, 1.807) is 0 Å². The molecule has 0 spiro atoms. The van der Waals surface area contributed by atoms with E-state index in [0.717, 1.165) is 69.6 Å². The molecule has 1 unspecified atom stereocenters. The van der Waals surface area contributed by atoms with Crippen molar-refractivity contribution in [3.63, 3.8) is 0 Å². The van der Waals surface area contributed by atoms with Crippen molar-refractivity contribution in [1.29, 1.82) is 0 Å². The molecule has 1 aromatic heterocycles. The summed E-state index contributed by atoms with van der Waals surface area (Å²) in [4.78, 5) is 19.3. The zero-order valence-corrected chi connectivity index (χ0v) is 17.1. The Bertz CT molecular complexity index is 877. The van der Waals surface area contributed by atoms with Crippen LogP contribution in [0.3, 0.4) is 0 Å². The lowest BCUT2D eigenvalue weighted by atomic mass is 10.0. The van der Waals surface area contributed by atoms with E-state index in [-0.39, 0.29) is 12.0 Å². The Labute approximate surface area is 176 Å². The number of aromatic nitrogens is 2. The average molecular weight is 409 g/mol. The minimum Gasteiger partial charge on any atom is -0.480 e. The molecule has 1 aromatic carbocycles. The van der Waals surface area contributed by atoms with Crippen molar-refractivity contribution >= 4 is 17.5 Å². The van der Waals surface area contributed by atoms with Crippen LogP contribution in [-0.4, -0.2) is 79.6 Å². The summed E-state index contributed by atoms with van der Waals surface area (Å²) in [7, 11) is 0. The summed E-state index contributed by atoms with van der Waals surface area (Å²) in [5.74, 6) is 2.70. The topological polar surface area (TPSA) is 71.0 Å². The van der Waals surface area contributed by atoms with Gasteiger partial charge >= 0.3 is 0 Å². The van der Waals surface area contributed by atoms with E-state index >= 15 is 0 Å². The van der Waals surface area contributed by atoms with Gasteiger partial charge < -0.3 is 24.2 Å². The summed E-state index contributed by atoms with van der Waals surface area (Å²) in [6.45, 7) is 6.01. The second-order valence-corrected chi connectivity index (χ2v) is 7.91. The second-order valence-electron chi connectivity index (χ2n) is 7.91. The van der Waals surface area contributed by atoms with Crippen LogP contribution in [0, 0.1) is 0 Å². The zero-order valence-electron chi connectivity index (χ0n) is 17.1. The molecule has 0 saturated carbocycles. The molecule has 2 aromatic rings. The lowest BCUT2D eigenvalue weighted by Crippen LogP contribution is -2.53. The summed E-state index contributed by atoms with van der Waals surface area (Å²) in [6.07, 6.45) is 1.25. The van der Waals surface area contributed by atoms with Crippen LogP contribution in [0.15, 0.2) is 36.4 Å². The van der Waals surface area contributed by atoms with Gasteiger partial charge in [-0.25, -0.2) is 0 Å². The number of fused-ring (bicyclic) bond motifs is 1. The summed E-state index contributed by atoms with van der Waals surface area (Å²) in [5, 5.41) is 8.83. The second kappa shape index (κ2) is 8.47. The number of hydrogen-bond acceptors (Lipinski definition) is 7. The van der Waals surface area contributed by atoms with Gasteiger partial charge in [0.25, 0.3) is 5.91 Å². The largest absolute Gasteiger partial charge is 0.480 e. The highest BCUT2D eigenvalue weighted by Crippen LogP contribution is 2.28. The van der Waals surface area contributed by atoms with E-state index in [9.17, 15) is 4.79 Å². The molecule has 2 saturated heterocycles. The number of anilines is 2. The van der Waals surface area contributed by atoms with Crippen LogP contribution in [0.4, 0.5) is 11.6 Å². The molecular weight excluding hydrogens is 382 g/mol. The molecule has 0 bridgehead atoms. The third-order valence-electron chi connectivity index (χ3n) is 6.08. The quantitative estimate of drug-likeness (QED) is 0.758. The van der Waals surface area contributed by atoms with Gasteiger partial charge in [0.15, 0.2) is 17.7 Å². The predicted octanol–water partition coefficient (Wildman–Crippen LogP) is 1.36. The Balaban J connectivity index is 1.16. The Morgan fingerprint density at radius 2 is 1.53 bits per heavy atom. The number of nitrogens with zero attached hydrogens (tertiary/aromatic N) is 5. The molecular formula is C22H27N5O3. The van der Waals surface area contributed by atoms with Gasteiger partial charge in [-0.1, -0.05) is 18.2 Å². The van der Waals surface area contributed by atoms with Crippen molar-refractivity contribution in [2.24, 2.45) is 0 Å². The highest BCUT2D eigenvalue weighted by molar-refractivity contribution is 5.82. The standard InChI is InChI=1S/C22H27N5O3/c28-22(19-6-5-17-3-1-2-4-18(17)30-19)27-11-9-25(10-12-27)20-7-8-21(24-23-20)26-13-15-29-16-14-26/h1-4,7-8,19H,5-6,9-16H2. The van der Waals surface area contributed by atoms with Crippen LogP contribution in [0.2, 0.25) is 0 Å². The normalized spacial score (nSPS) is 21.7. The molecule has 5 rings (SSSR count). The van der Waals surface area contributed by atoms with Crippen molar-refractivity contribution < 1.29 is 14.3 Å². The van der Waals surface area contributed by atoms with E-state index in [4.69, 9.17) is 9.47 Å². The molecule has 1 amide bonds. The molecule has 0 radical (unpaired) electrons. The highest BCUT2D eigenvalue weighted by atomic mass is 16.5. The number of aryl methyl sites for hydroxylation is 1. The van der Waals surface area contributed by atoms with Crippen molar-refractivity contribution in [2.75, 3.05) is 62.3 Å². The number of amides is 1. The molecule has 0 N–H and O–H groups in total. The molecule has 0 aliphatic carbocycles. The van der Waals surface area contributed by atoms with Crippen LogP contribution < -0.4 is 14.5 Å². The fourth-order valence-electron chi connectivity index (χ4n) is 4.31. The maximum atomic E-state index is 13.0. The summed E-state index contributed by atoms with van der Waals surface area (Å²) < 4.78 is 11.4. The minimum absolute atomic E-state index is 0.0953. The van der Waals surface area contributed by atoms with E-state index < -0.39 is 0 Å². The number of rotatable bonds is 3. The number of ether oxygens (including phenoxy) is 2. The van der Waals surface area contributed by atoms with Crippen molar-refractivity contribution in [3.8, 4) is 5.75 Å². The lowest BCUT2D eigenvalue weighted by molar-refractivity contribution is -0.139. The third-order valence-corrected chi connectivity index (χ3v) is 6.08. The van der Waals surface area contributed by atoms with Gasteiger partial charge in [0, 0.05) is 39.3 Å². The number of carbonyl (C=O) groups is 1. The van der Waals surface area contributed by atoms with Gasteiger partial charge in [0.05, 0.1) is 13.2 Å². The number of para-hydroxylation sites is 1. The molecule has 3 aliphatic heterocycles. The van der Waals surface area contributed by atoms with Gasteiger partial charge in [-0.3, -0.25) is 4.79 Å². The van der Waals surface area contributed by atoms with Crippen LogP contribution in [-0.2, 0) is 16.0 Å². The SMILES string of the molecule is O=C(C1CCc2ccccc2O1)N1CCN(c2ccc(N3CCOCC3)nn2)CC1. The van der Waals surface area contributed by atoms with Gasteiger partial charge in [-0.05, 0) is 36.6 Å². The first kappa shape index (κ1) is 19.1. The monoisotopic (exact) mass is 409 g/mol. The number of piperazine rings is 1. The van der Waals surface area contributed by atoms with Crippen molar-refractivity contribution in [2.45, 2.75) is 18.9 Å². The van der Waals surface area contributed by atoms with Gasteiger partial charge in [0.1, 0.15) is 5.75 Å². The van der Waals surface area contributed by atoms with Crippen LogP contribution >= 0.6 is 0 Å². The number of benzene rings is 1. The van der Waals surface area contributed by atoms with Crippen molar-refractivity contribution in [1.82, 2.24) is 15.1 Å². The molecule has 3 aliphatic rings. The van der Waals surface area contributed by atoms with E-state index in [2.05, 4.69) is 26.1 Å². The molecule has 4 heterocycles. The summed E-state index contributed by atoms with van der Waals surface area (Å²) >= 11 is 0. The molecule has 8 nitrogen and oxygen atoms in total. The van der Waals surface area contributed by atoms with E-state index in [1.165, 1.54) is 5.56 Å². The van der Waals surface area contributed by atoms with E-state index in [1.807, 2.05) is 35.2 Å².